The van der Waals surface area contributed by atoms with Gasteiger partial charge in [0, 0.05) is 19.1 Å². The number of rotatable bonds is 7. The van der Waals surface area contributed by atoms with Crippen LogP contribution in [0.4, 0.5) is 5.82 Å². The molecular weight excluding hydrogens is 330 g/mol. The number of nitrogens with zero attached hydrogens (tertiary/aromatic N) is 2. The lowest BCUT2D eigenvalue weighted by atomic mass is 10.0. The van der Waals surface area contributed by atoms with Crippen LogP contribution in [-0.2, 0) is 4.74 Å². The summed E-state index contributed by atoms with van der Waals surface area (Å²) in [6.07, 6.45) is 5.94. The molecule has 1 heterocycles. The third-order valence-corrected chi connectivity index (χ3v) is 4.79. The van der Waals surface area contributed by atoms with Gasteiger partial charge < -0.3 is 10.1 Å². The number of halogens is 1. The molecule has 1 aromatic heterocycles. The van der Waals surface area contributed by atoms with Crippen LogP contribution in [0.2, 0.25) is 0 Å². The van der Waals surface area contributed by atoms with Crippen LogP contribution in [-0.4, -0.2) is 23.1 Å². The minimum Gasteiger partial charge on any atom is -0.371 e. The van der Waals surface area contributed by atoms with Crippen molar-refractivity contribution in [3.05, 3.63) is 16.0 Å². The Kier molecular flexibility index (Phi) is 6.42. The first-order valence-electron chi connectivity index (χ1n) is 8.13. The highest BCUT2D eigenvalue weighted by atomic mass is 79.9. The monoisotopic (exact) mass is 355 g/mol. The maximum atomic E-state index is 5.80. The fraction of sp³-hybridized carbons (Fsp3) is 0.750. The molecule has 1 aliphatic rings. The molecule has 0 aliphatic heterocycles. The molecule has 4 nitrogen and oxygen atoms in total. The van der Waals surface area contributed by atoms with Crippen molar-refractivity contribution in [3.63, 3.8) is 0 Å². The molecule has 21 heavy (non-hydrogen) atoms. The van der Waals surface area contributed by atoms with Gasteiger partial charge in [0.1, 0.15) is 11.9 Å². The maximum Gasteiger partial charge on any atom is 0.159 e. The van der Waals surface area contributed by atoms with Gasteiger partial charge in [-0.2, -0.15) is 0 Å². The van der Waals surface area contributed by atoms with Crippen LogP contribution in [0.25, 0.3) is 0 Å². The van der Waals surface area contributed by atoms with Gasteiger partial charge >= 0.3 is 0 Å². The molecule has 1 N–H and O–H groups in total. The van der Waals surface area contributed by atoms with Gasteiger partial charge in [-0.15, -0.1) is 0 Å². The zero-order chi connectivity index (χ0) is 15.2. The highest BCUT2D eigenvalue weighted by molar-refractivity contribution is 9.10. The average Bonchev–Trinajstić information content (AvgIpc) is 3.01. The van der Waals surface area contributed by atoms with E-state index in [9.17, 15) is 0 Å². The second-order valence-electron chi connectivity index (χ2n) is 5.49. The molecule has 0 radical (unpaired) electrons. The Morgan fingerprint density at radius 1 is 1.24 bits per heavy atom. The van der Waals surface area contributed by atoms with Crippen LogP contribution < -0.4 is 5.32 Å². The van der Waals surface area contributed by atoms with Crippen molar-refractivity contribution in [2.24, 2.45) is 0 Å². The molecule has 5 heteroatoms. The first-order valence-corrected chi connectivity index (χ1v) is 8.93. The molecule has 0 amide bonds. The van der Waals surface area contributed by atoms with Crippen LogP contribution in [0, 0.1) is 0 Å². The molecule has 1 atom stereocenters. The predicted molar refractivity (Wildman–Crippen MR) is 89.8 cm³/mol. The number of ether oxygens (including phenoxy) is 1. The Hall–Kier alpha value is -0.680. The van der Waals surface area contributed by atoms with Crippen LogP contribution in [0.3, 0.4) is 0 Å². The van der Waals surface area contributed by atoms with Crippen molar-refractivity contribution in [2.75, 3.05) is 18.5 Å². The Labute approximate surface area is 136 Å². The van der Waals surface area contributed by atoms with E-state index in [0.29, 0.717) is 12.5 Å². The summed E-state index contributed by atoms with van der Waals surface area (Å²) < 4.78 is 6.83. The van der Waals surface area contributed by atoms with E-state index in [2.05, 4.69) is 40.1 Å². The molecule has 1 aliphatic carbocycles. The van der Waals surface area contributed by atoms with Crippen molar-refractivity contribution in [2.45, 2.75) is 64.9 Å². The molecule has 1 aromatic rings. The summed E-state index contributed by atoms with van der Waals surface area (Å²) >= 11 is 3.71. The van der Waals surface area contributed by atoms with E-state index < -0.39 is 0 Å². The molecule has 1 fully saturated rings. The first-order chi connectivity index (χ1) is 10.2. The number of hydrogen-bond acceptors (Lipinski definition) is 4. The van der Waals surface area contributed by atoms with Gasteiger partial charge in [0.15, 0.2) is 5.82 Å². The molecule has 0 aromatic carbocycles. The average molecular weight is 356 g/mol. The lowest BCUT2D eigenvalue weighted by Crippen LogP contribution is -2.14. The maximum absolute atomic E-state index is 5.80. The van der Waals surface area contributed by atoms with Crippen LogP contribution in [0.1, 0.15) is 76.4 Å². The molecule has 1 saturated carbocycles. The summed E-state index contributed by atoms with van der Waals surface area (Å²) in [6.45, 7) is 7.76. The summed E-state index contributed by atoms with van der Waals surface area (Å²) in [5.74, 6) is 2.28. The number of nitrogens with one attached hydrogen (secondary N) is 1. The SMILES string of the molecule is CCNc1nc(C(CC)OCC)nc(C2CCCC2)c1Br. The molecule has 0 bridgehead atoms. The molecule has 118 valence electrons. The fourth-order valence-corrected chi connectivity index (χ4v) is 3.60. The van der Waals surface area contributed by atoms with Gasteiger partial charge in [0.25, 0.3) is 0 Å². The largest absolute Gasteiger partial charge is 0.371 e. The van der Waals surface area contributed by atoms with E-state index in [-0.39, 0.29) is 6.10 Å². The third-order valence-electron chi connectivity index (χ3n) is 4.01. The van der Waals surface area contributed by atoms with Gasteiger partial charge in [0.2, 0.25) is 0 Å². The zero-order valence-corrected chi connectivity index (χ0v) is 14.9. The van der Waals surface area contributed by atoms with Gasteiger partial charge in [-0.25, -0.2) is 9.97 Å². The van der Waals surface area contributed by atoms with Crippen molar-refractivity contribution >= 4 is 21.7 Å². The fourth-order valence-electron chi connectivity index (χ4n) is 2.96. The normalized spacial score (nSPS) is 17.1. The lowest BCUT2D eigenvalue weighted by Gasteiger charge is -2.20. The molecular formula is C16H26BrN3O. The van der Waals surface area contributed by atoms with Gasteiger partial charge in [-0.3, -0.25) is 0 Å². The van der Waals surface area contributed by atoms with Crippen LogP contribution >= 0.6 is 15.9 Å². The van der Waals surface area contributed by atoms with Gasteiger partial charge in [-0.1, -0.05) is 19.8 Å². The lowest BCUT2D eigenvalue weighted by molar-refractivity contribution is 0.0533. The van der Waals surface area contributed by atoms with Crippen molar-refractivity contribution < 1.29 is 4.74 Å². The summed E-state index contributed by atoms with van der Waals surface area (Å²) in [4.78, 5) is 9.55. The van der Waals surface area contributed by atoms with Gasteiger partial charge in [-0.05, 0) is 49.0 Å². The summed E-state index contributed by atoms with van der Waals surface area (Å²) in [6, 6.07) is 0. The first kappa shape index (κ1) is 16.7. The smallest absolute Gasteiger partial charge is 0.159 e. The Morgan fingerprint density at radius 3 is 2.52 bits per heavy atom. The van der Waals surface area contributed by atoms with Crippen molar-refractivity contribution in [1.82, 2.24) is 9.97 Å². The number of anilines is 1. The quantitative estimate of drug-likeness (QED) is 0.761. The van der Waals surface area contributed by atoms with Crippen LogP contribution in [0.15, 0.2) is 4.47 Å². The Bertz CT molecular complexity index is 461. The predicted octanol–water partition coefficient (Wildman–Crippen LogP) is 4.82. The van der Waals surface area contributed by atoms with Crippen molar-refractivity contribution in [1.29, 1.82) is 0 Å². The van der Waals surface area contributed by atoms with Gasteiger partial charge in [0.05, 0.1) is 10.2 Å². The molecule has 0 saturated heterocycles. The second-order valence-corrected chi connectivity index (χ2v) is 6.29. The minimum atomic E-state index is -0.0133. The second kappa shape index (κ2) is 8.08. The van der Waals surface area contributed by atoms with E-state index >= 15 is 0 Å². The zero-order valence-electron chi connectivity index (χ0n) is 13.3. The summed E-state index contributed by atoms with van der Waals surface area (Å²) in [5, 5.41) is 3.35. The van der Waals surface area contributed by atoms with E-state index in [1.807, 2.05) is 6.92 Å². The topological polar surface area (TPSA) is 47.0 Å². The Balaban J connectivity index is 2.39. The highest BCUT2D eigenvalue weighted by Crippen LogP contribution is 2.39. The van der Waals surface area contributed by atoms with E-state index in [0.717, 1.165) is 34.8 Å². The molecule has 2 rings (SSSR count). The van der Waals surface area contributed by atoms with E-state index in [1.54, 1.807) is 0 Å². The molecule has 0 spiro atoms. The molecule has 1 unspecified atom stereocenters. The van der Waals surface area contributed by atoms with Crippen molar-refractivity contribution in [3.8, 4) is 0 Å². The Morgan fingerprint density at radius 2 is 1.95 bits per heavy atom. The number of hydrogen-bond donors (Lipinski definition) is 1. The summed E-state index contributed by atoms with van der Waals surface area (Å²) in [7, 11) is 0. The minimum absolute atomic E-state index is 0.0133. The standard InChI is InChI=1S/C16H26BrN3O/c1-4-12(21-6-3)15-19-14(11-9-7-8-10-11)13(17)16(20-15)18-5-2/h11-12H,4-10H2,1-3H3,(H,18,19,20). The number of aromatic nitrogens is 2. The van der Waals surface area contributed by atoms with Crippen LogP contribution in [0.5, 0.6) is 0 Å². The van der Waals surface area contributed by atoms with E-state index in [1.165, 1.54) is 25.7 Å². The highest BCUT2D eigenvalue weighted by Gasteiger charge is 2.25. The third kappa shape index (κ3) is 3.95. The van der Waals surface area contributed by atoms with E-state index in [4.69, 9.17) is 9.72 Å². The summed E-state index contributed by atoms with van der Waals surface area (Å²) in [5.41, 5.74) is 1.16.